The van der Waals surface area contributed by atoms with Crippen LogP contribution >= 0.6 is 0 Å². The zero-order valence-electron chi connectivity index (χ0n) is 31.9. The number of nitriles is 1. The second kappa shape index (κ2) is 17.0. The molecular formula is C38H45F3N10O5S. The molecule has 0 unspecified atom stereocenters. The van der Waals surface area contributed by atoms with E-state index >= 15 is 0 Å². The third-order valence-electron chi connectivity index (χ3n) is 10.5. The Morgan fingerprint density at radius 3 is 2.37 bits per heavy atom. The molecule has 2 amide bonds. The van der Waals surface area contributed by atoms with Gasteiger partial charge in [0.1, 0.15) is 17.9 Å². The molecule has 2 aromatic carbocycles. The summed E-state index contributed by atoms with van der Waals surface area (Å²) >= 11 is 0. The molecule has 0 spiro atoms. The van der Waals surface area contributed by atoms with E-state index < -0.39 is 27.7 Å². The number of piperidine rings is 2. The summed E-state index contributed by atoms with van der Waals surface area (Å²) in [7, 11) is -2.12. The van der Waals surface area contributed by atoms with Crippen LogP contribution in [0.4, 0.5) is 24.9 Å². The minimum absolute atomic E-state index is 0.000768. The van der Waals surface area contributed by atoms with Crippen LogP contribution in [0.5, 0.6) is 5.75 Å². The first-order chi connectivity index (χ1) is 27.0. The van der Waals surface area contributed by atoms with E-state index in [1.807, 2.05) is 20.0 Å². The number of ether oxygens (including phenoxy) is 1. The number of benzene rings is 2. The number of halogens is 3. The minimum atomic E-state index is -4.54. The van der Waals surface area contributed by atoms with Gasteiger partial charge in [0.15, 0.2) is 5.82 Å². The summed E-state index contributed by atoms with van der Waals surface area (Å²) in [5.74, 6) is 0.279. The number of likely N-dealkylation sites (tertiary alicyclic amines) is 1. The highest BCUT2D eigenvalue weighted by atomic mass is 32.2. The van der Waals surface area contributed by atoms with Crippen molar-refractivity contribution in [3.63, 3.8) is 0 Å². The number of anilines is 2. The summed E-state index contributed by atoms with van der Waals surface area (Å²) in [6, 6.07) is 12.2. The van der Waals surface area contributed by atoms with E-state index in [-0.39, 0.29) is 66.3 Å². The molecule has 2 aliphatic heterocycles. The number of alkyl halides is 3. The summed E-state index contributed by atoms with van der Waals surface area (Å²) in [6.07, 6.45) is -0.914. The van der Waals surface area contributed by atoms with Gasteiger partial charge in [-0.2, -0.15) is 27.8 Å². The number of aryl methyl sites for hydroxylation is 1. The summed E-state index contributed by atoms with van der Waals surface area (Å²) < 4.78 is 75.2. The molecule has 57 heavy (non-hydrogen) atoms. The van der Waals surface area contributed by atoms with Crippen molar-refractivity contribution in [2.75, 3.05) is 49.5 Å². The van der Waals surface area contributed by atoms with Crippen LogP contribution in [0.15, 0.2) is 53.7 Å². The second-order valence-corrected chi connectivity index (χ2v) is 16.4. The van der Waals surface area contributed by atoms with Crippen LogP contribution in [0.1, 0.15) is 68.6 Å². The van der Waals surface area contributed by atoms with E-state index in [2.05, 4.69) is 43.5 Å². The monoisotopic (exact) mass is 810 g/mol. The topological polar surface area (TPSA) is 193 Å². The third kappa shape index (κ3) is 9.63. The summed E-state index contributed by atoms with van der Waals surface area (Å²) in [5.41, 5.74) is 6.63. The Bertz CT molecular complexity index is 2250. The fourth-order valence-corrected chi connectivity index (χ4v) is 8.87. The smallest absolute Gasteiger partial charge is 0.419 e. The summed E-state index contributed by atoms with van der Waals surface area (Å²) in [5, 5.41) is 18.2. The number of hydrogen-bond donors (Lipinski definition) is 2. The maximum atomic E-state index is 13.7. The molecule has 0 bridgehead atoms. The van der Waals surface area contributed by atoms with Crippen molar-refractivity contribution >= 4 is 44.5 Å². The number of nitrogens with zero attached hydrogens (tertiary/aromatic N) is 8. The van der Waals surface area contributed by atoms with Gasteiger partial charge in [0, 0.05) is 76.5 Å². The van der Waals surface area contributed by atoms with Gasteiger partial charge in [-0.3, -0.25) is 24.1 Å². The highest BCUT2D eigenvalue weighted by Gasteiger charge is 2.33. The van der Waals surface area contributed by atoms with Gasteiger partial charge in [-0.1, -0.05) is 6.07 Å². The van der Waals surface area contributed by atoms with Crippen LogP contribution in [-0.2, 0) is 32.8 Å². The standard InChI is InChI=1S/C38H45F3N10O5S/c1-24(23-49-13-8-26(9-14-49)27-5-7-32-33(18-27)48(3)47-36(32)51(25(2)52)17-12-35(43)53)56-34-19-31(6-4-28(34)20-42)57(54,55)50-15-10-30(11-16-50)46-37-44-21-29(22-45-37)38(39,40)41/h4-7,18-19,21-22,24,26,30H,8-17,23H2,1-3H3,(H2,43,53)(H,44,45,46)/t24-/m0/s1. The van der Waals surface area contributed by atoms with Crippen molar-refractivity contribution in [3.8, 4) is 11.8 Å². The Morgan fingerprint density at radius 1 is 1.07 bits per heavy atom. The molecule has 4 heterocycles. The molecular weight excluding hydrogens is 766 g/mol. The summed E-state index contributed by atoms with van der Waals surface area (Å²) in [6.45, 7) is 5.95. The van der Waals surface area contributed by atoms with E-state index in [0.29, 0.717) is 43.5 Å². The SMILES string of the molecule is CC(=O)N(CCC(N)=O)c1nn(C)c2cc(C3CCN(C[C@H](C)Oc4cc(S(=O)(=O)N5CCC(Nc6ncc(C(F)(F)F)cn6)CC5)ccc4C#N)CC3)ccc12. The number of nitrogens with one attached hydrogen (secondary N) is 1. The van der Waals surface area contributed by atoms with Crippen LogP contribution in [0, 0.1) is 11.3 Å². The van der Waals surface area contributed by atoms with E-state index in [1.165, 1.54) is 34.3 Å². The zero-order chi connectivity index (χ0) is 41.1. The molecule has 2 fully saturated rings. The molecule has 3 N–H and O–H groups in total. The predicted molar refractivity (Wildman–Crippen MR) is 205 cm³/mol. The number of carbonyl (C=O) groups is 2. The number of primary amides is 1. The molecule has 0 radical (unpaired) electrons. The molecule has 304 valence electrons. The first-order valence-corrected chi connectivity index (χ1v) is 20.1. The van der Waals surface area contributed by atoms with Crippen molar-refractivity contribution in [1.29, 1.82) is 5.26 Å². The quantitative estimate of drug-likeness (QED) is 0.195. The molecule has 1 atom stereocenters. The van der Waals surface area contributed by atoms with Crippen LogP contribution in [0.25, 0.3) is 10.9 Å². The fourth-order valence-electron chi connectivity index (χ4n) is 7.38. The maximum Gasteiger partial charge on any atom is 0.419 e. The molecule has 15 nitrogen and oxygen atoms in total. The molecule has 2 saturated heterocycles. The summed E-state index contributed by atoms with van der Waals surface area (Å²) in [4.78, 5) is 35.0. The van der Waals surface area contributed by atoms with Crippen LogP contribution in [0.2, 0.25) is 0 Å². The third-order valence-corrected chi connectivity index (χ3v) is 12.3. The van der Waals surface area contributed by atoms with Gasteiger partial charge >= 0.3 is 6.18 Å². The number of sulfonamides is 1. The van der Waals surface area contributed by atoms with Gasteiger partial charge in [0.05, 0.1) is 21.5 Å². The van der Waals surface area contributed by atoms with E-state index in [1.54, 1.807) is 4.68 Å². The molecule has 0 aliphatic carbocycles. The van der Waals surface area contributed by atoms with Gasteiger partial charge in [-0.25, -0.2) is 18.4 Å². The normalized spacial score (nSPS) is 16.9. The Labute approximate surface area is 328 Å². The lowest BCUT2D eigenvalue weighted by atomic mass is 9.89. The highest BCUT2D eigenvalue weighted by Crippen LogP contribution is 2.34. The van der Waals surface area contributed by atoms with Gasteiger partial charge in [-0.15, -0.1) is 0 Å². The highest BCUT2D eigenvalue weighted by molar-refractivity contribution is 7.89. The van der Waals surface area contributed by atoms with Crippen LogP contribution < -0.4 is 20.7 Å². The van der Waals surface area contributed by atoms with Gasteiger partial charge in [0.2, 0.25) is 27.8 Å². The molecule has 2 aromatic heterocycles. The minimum Gasteiger partial charge on any atom is -0.488 e. The Balaban J connectivity index is 1.03. The number of amides is 2. The average molecular weight is 811 g/mol. The Kier molecular flexibility index (Phi) is 12.4. The first-order valence-electron chi connectivity index (χ1n) is 18.7. The number of rotatable bonds is 13. The average Bonchev–Trinajstić information content (AvgIpc) is 3.49. The number of fused-ring (bicyclic) bond motifs is 1. The predicted octanol–water partition coefficient (Wildman–Crippen LogP) is 4.39. The first kappa shape index (κ1) is 41.3. The van der Waals surface area contributed by atoms with Crippen molar-refractivity contribution in [2.24, 2.45) is 12.8 Å². The van der Waals surface area contributed by atoms with Crippen LogP contribution in [0.3, 0.4) is 0 Å². The van der Waals surface area contributed by atoms with E-state index in [4.69, 9.17) is 10.5 Å². The van der Waals surface area contributed by atoms with Crippen molar-refractivity contribution < 1.29 is 35.9 Å². The molecule has 0 saturated carbocycles. The van der Waals surface area contributed by atoms with Gasteiger partial charge < -0.3 is 15.8 Å². The fraction of sp³-hybridized carbons (Fsp3) is 0.474. The van der Waals surface area contributed by atoms with Gasteiger partial charge in [0.25, 0.3) is 0 Å². The number of carbonyl (C=O) groups excluding carboxylic acids is 2. The van der Waals surface area contributed by atoms with E-state index in [9.17, 15) is 36.4 Å². The number of nitrogens with two attached hydrogens (primary N) is 1. The lowest BCUT2D eigenvalue weighted by Crippen LogP contribution is -2.42. The van der Waals surface area contributed by atoms with E-state index in [0.717, 1.165) is 42.4 Å². The van der Waals surface area contributed by atoms with Crippen LogP contribution in [-0.4, -0.2) is 101 Å². The lowest BCUT2D eigenvalue weighted by molar-refractivity contribution is -0.138. The van der Waals surface area contributed by atoms with Crippen molar-refractivity contribution in [3.05, 3.63) is 65.5 Å². The second-order valence-electron chi connectivity index (χ2n) is 14.5. The largest absolute Gasteiger partial charge is 0.488 e. The lowest BCUT2D eigenvalue weighted by Gasteiger charge is -2.34. The van der Waals surface area contributed by atoms with Gasteiger partial charge in [-0.05, 0) is 81.4 Å². The molecule has 4 aromatic rings. The van der Waals surface area contributed by atoms with Crippen molar-refractivity contribution in [1.82, 2.24) is 29.0 Å². The molecule has 2 aliphatic rings. The Morgan fingerprint density at radius 2 is 1.75 bits per heavy atom. The maximum absolute atomic E-state index is 13.7. The zero-order valence-corrected chi connectivity index (χ0v) is 32.7. The number of aromatic nitrogens is 4. The molecule has 19 heteroatoms. The van der Waals surface area contributed by atoms with Crippen molar-refractivity contribution in [2.45, 2.75) is 75.1 Å². The molecule has 6 rings (SSSR count). The number of hydrogen-bond acceptors (Lipinski definition) is 11. The Hall–Kier alpha value is -5.32.